The van der Waals surface area contributed by atoms with E-state index in [1.54, 1.807) is 0 Å². The number of quaternary nitrogens is 1. The highest BCUT2D eigenvalue weighted by Crippen LogP contribution is 2.47. The smallest absolute Gasteiger partial charge is 0.377 e. The van der Waals surface area contributed by atoms with Crippen LogP contribution in [0.25, 0.3) is 0 Å². The molecule has 1 unspecified atom stereocenters. The van der Waals surface area contributed by atoms with Gasteiger partial charge in [0, 0.05) is 12.8 Å². The number of rotatable bonds is 38. The second-order valence-electron chi connectivity index (χ2n) is 15.4. The minimum absolute atomic E-state index is 0.0247. The van der Waals surface area contributed by atoms with Crippen molar-refractivity contribution in [3.05, 3.63) is 42.2 Å². The van der Waals surface area contributed by atoms with E-state index in [1.165, 1.54) is 44.9 Å². The van der Waals surface area contributed by atoms with E-state index in [0.717, 1.165) is 96.3 Å². The molecule has 0 radical (unpaired) electrons. The molecule has 0 aliphatic heterocycles. The van der Waals surface area contributed by atoms with Crippen molar-refractivity contribution in [2.45, 2.75) is 180 Å². The first-order valence-electron chi connectivity index (χ1n) is 21.5. The van der Waals surface area contributed by atoms with Gasteiger partial charge in [-0.2, -0.15) is 13.9 Å². The van der Waals surface area contributed by atoms with Gasteiger partial charge in [0.05, 0.1) is 21.1 Å². The number of allylic oxidation sites excluding steroid dienone is 5. The number of phosphoric ester groups is 1. The largest absolute Gasteiger partial charge is 0.606 e. The number of esters is 2. The summed E-state index contributed by atoms with van der Waals surface area (Å²) >= 11 is 0. The predicted octanol–water partition coefficient (Wildman–Crippen LogP) is 10.8. The summed E-state index contributed by atoms with van der Waals surface area (Å²) in [4.78, 5) is 47.8. The lowest BCUT2D eigenvalue weighted by Gasteiger charge is -2.26. The molecule has 0 aromatic heterocycles. The third-order valence-electron chi connectivity index (χ3n) is 8.90. The van der Waals surface area contributed by atoms with Gasteiger partial charge in [-0.1, -0.05) is 109 Å². The number of likely N-dealkylation sites (N-methyl/N-ethyl adjacent to an activating group) is 1. The summed E-state index contributed by atoms with van der Waals surface area (Å²) in [5.41, 5.74) is 3.27. The van der Waals surface area contributed by atoms with Gasteiger partial charge in [-0.15, -0.1) is 5.73 Å². The summed E-state index contributed by atoms with van der Waals surface area (Å²) in [5, 5.41) is 0. The normalized spacial score (nSPS) is 13.5. The maximum absolute atomic E-state index is 12.7. The first kappa shape index (κ1) is 52.2. The van der Waals surface area contributed by atoms with E-state index in [4.69, 9.17) is 18.5 Å². The Bertz CT molecular complexity index is 1020. The van der Waals surface area contributed by atoms with Gasteiger partial charge in [0.15, 0.2) is 6.10 Å². The van der Waals surface area contributed by atoms with Gasteiger partial charge in [0.1, 0.15) is 26.4 Å². The number of carbonyl (C=O) groups excluding carboxylic acids is 2. The Morgan fingerprint density at radius 1 is 0.648 bits per heavy atom. The van der Waals surface area contributed by atoms with Crippen molar-refractivity contribution < 1.29 is 42.4 Å². The first-order chi connectivity index (χ1) is 26.0. The summed E-state index contributed by atoms with van der Waals surface area (Å²) in [7, 11) is 1.45. The molecule has 0 bridgehead atoms. The summed E-state index contributed by atoms with van der Waals surface area (Å²) in [5.74, 6) is -0.834. The molecule has 0 rings (SSSR count). The lowest BCUT2D eigenvalue weighted by atomic mass is 10.1. The van der Waals surface area contributed by atoms with Gasteiger partial charge in [-0.3, -0.25) is 9.59 Å². The van der Waals surface area contributed by atoms with Crippen molar-refractivity contribution >= 4 is 20.1 Å². The van der Waals surface area contributed by atoms with Gasteiger partial charge in [0.2, 0.25) is 0 Å². The van der Waals surface area contributed by atoms with E-state index in [-0.39, 0.29) is 32.0 Å². The molecule has 10 heteroatoms. The van der Waals surface area contributed by atoms with E-state index in [2.05, 4.69) is 56.0 Å². The summed E-state index contributed by atoms with van der Waals surface area (Å²) in [6, 6.07) is 0. The Kier molecular flexibility index (Phi) is 35.5. The molecule has 314 valence electrons. The highest BCUT2D eigenvalue weighted by atomic mass is 31.2. The van der Waals surface area contributed by atoms with Crippen molar-refractivity contribution in [1.29, 1.82) is 0 Å². The molecule has 0 aromatic rings. The minimum Gasteiger partial charge on any atom is -0.606 e. The van der Waals surface area contributed by atoms with Crippen LogP contribution in [0.4, 0.5) is 0 Å². The molecule has 0 saturated heterocycles. The molecule has 0 amide bonds. The standard InChI is InChI=1S/C44H80NO8P/c1-6-8-10-12-14-16-18-20-22-24-26-28-30-32-34-36-43(46)50-40-42(41-52-54(48,49)51-39-38-45(3,4)5)53-44(47)37-35-33-31-29-27-25-23-21-19-17-15-13-11-9-7-2/h9,11,19-20,22-23,42H,6-8,10,12-18,24-41H2,1-5H3/p+1/b11-9+,22-20+/t21?,42-/m1/s1. The van der Waals surface area contributed by atoms with Crippen LogP contribution >= 0.6 is 8.17 Å². The van der Waals surface area contributed by atoms with Gasteiger partial charge < -0.3 is 18.9 Å². The van der Waals surface area contributed by atoms with Crippen molar-refractivity contribution in [3.63, 3.8) is 0 Å². The molecule has 0 fully saturated rings. The molecule has 0 aliphatic carbocycles. The third kappa shape index (κ3) is 39.9. The molecule has 0 aliphatic rings. The number of ether oxygens (including phenoxy) is 2. The van der Waals surface area contributed by atoms with Gasteiger partial charge in [-0.05, 0) is 89.2 Å². The van der Waals surface area contributed by atoms with Crippen LogP contribution in [0.2, 0.25) is 0 Å². The SMILES string of the molecule is CC/C=C/CCCC=C=CCCCCCCCC(=O)O[C@H](COC(=O)CCCCCCC/C=C/CCCCCCCC)CO[P+]([O-])(O)OCC[N+](C)(C)C. The highest BCUT2D eigenvalue weighted by Gasteiger charge is 2.31. The van der Waals surface area contributed by atoms with E-state index in [9.17, 15) is 19.4 Å². The average molecular weight is 783 g/mol. The topological polar surface area (TPSA) is 114 Å². The zero-order valence-electron chi connectivity index (χ0n) is 35.2. The summed E-state index contributed by atoms with van der Waals surface area (Å²) < 4.78 is 21.8. The molecule has 54 heavy (non-hydrogen) atoms. The number of phosphoric acid groups is 1. The Morgan fingerprint density at radius 2 is 1.15 bits per heavy atom. The van der Waals surface area contributed by atoms with Crippen LogP contribution in [0.1, 0.15) is 174 Å². The van der Waals surface area contributed by atoms with Gasteiger partial charge in [0.25, 0.3) is 0 Å². The number of hydrogen-bond donors (Lipinski definition) is 1. The second kappa shape index (κ2) is 36.8. The van der Waals surface area contributed by atoms with Gasteiger partial charge in [-0.25, -0.2) is 0 Å². The van der Waals surface area contributed by atoms with Crippen LogP contribution in [0.5, 0.6) is 0 Å². The fraction of sp³-hybridized carbons (Fsp3) is 0.795. The molecule has 9 nitrogen and oxygen atoms in total. The molecule has 0 aromatic carbocycles. The maximum atomic E-state index is 12.7. The zero-order valence-corrected chi connectivity index (χ0v) is 36.1. The van der Waals surface area contributed by atoms with E-state index >= 15 is 0 Å². The molecule has 1 N–H and O–H groups in total. The van der Waals surface area contributed by atoms with E-state index in [0.29, 0.717) is 17.4 Å². The average Bonchev–Trinajstić information content (AvgIpc) is 3.12. The Labute approximate surface area is 331 Å². The maximum Gasteiger partial charge on any atom is 0.377 e. The van der Waals surface area contributed by atoms with Crippen LogP contribution in [0.15, 0.2) is 42.2 Å². The predicted molar refractivity (Wildman–Crippen MR) is 222 cm³/mol. The van der Waals surface area contributed by atoms with Crippen LogP contribution in [0.3, 0.4) is 0 Å². The Balaban J connectivity index is 4.43. The fourth-order valence-electron chi connectivity index (χ4n) is 5.52. The molecule has 0 spiro atoms. The van der Waals surface area contributed by atoms with Gasteiger partial charge >= 0.3 is 20.1 Å². The Morgan fingerprint density at radius 3 is 1.74 bits per heavy atom. The molecule has 2 atom stereocenters. The zero-order chi connectivity index (χ0) is 40.0. The summed E-state index contributed by atoms with van der Waals surface area (Å²) in [6.07, 6.45) is 38.3. The van der Waals surface area contributed by atoms with E-state index in [1.807, 2.05) is 21.1 Å². The van der Waals surface area contributed by atoms with Crippen molar-refractivity contribution in [3.8, 4) is 0 Å². The molecule has 0 saturated carbocycles. The van der Waals surface area contributed by atoms with Crippen molar-refractivity contribution in [1.82, 2.24) is 0 Å². The van der Waals surface area contributed by atoms with Crippen molar-refractivity contribution in [2.75, 3.05) is 47.5 Å². The number of hydrogen-bond acceptors (Lipinski definition) is 8. The molecular weight excluding hydrogens is 701 g/mol. The van der Waals surface area contributed by atoms with Crippen LogP contribution in [-0.2, 0) is 28.1 Å². The fourth-order valence-corrected chi connectivity index (χ4v) is 6.26. The quantitative estimate of drug-likeness (QED) is 0.0164. The highest BCUT2D eigenvalue weighted by molar-refractivity contribution is 7.52. The second-order valence-corrected chi connectivity index (χ2v) is 16.9. The molecule has 0 heterocycles. The lowest BCUT2D eigenvalue weighted by molar-refractivity contribution is -0.870. The lowest BCUT2D eigenvalue weighted by Crippen LogP contribution is -2.38. The third-order valence-corrected chi connectivity index (χ3v) is 9.88. The van der Waals surface area contributed by atoms with Crippen LogP contribution < -0.4 is 4.89 Å². The minimum atomic E-state index is -4.38. The van der Waals surface area contributed by atoms with E-state index < -0.39 is 26.9 Å². The molecular formula is C44H81NO8P+. The van der Waals surface area contributed by atoms with Crippen LogP contribution in [0, 0.1) is 0 Å². The first-order valence-corrected chi connectivity index (χ1v) is 23.0. The van der Waals surface area contributed by atoms with Crippen molar-refractivity contribution in [2.24, 2.45) is 0 Å². The Hall–Kier alpha value is -1.83. The number of nitrogens with zero attached hydrogens (tertiary/aromatic N) is 1. The summed E-state index contributed by atoms with van der Waals surface area (Å²) in [6.45, 7) is 4.27. The number of unbranched alkanes of at least 4 members (excludes halogenated alkanes) is 18. The monoisotopic (exact) mass is 783 g/mol. The van der Waals surface area contributed by atoms with Crippen LogP contribution in [-0.4, -0.2) is 74.9 Å². The number of carbonyl (C=O) groups is 2.